The van der Waals surface area contributed by atoms with E-state index in [4.69, 9.17) is 0 Å². The van der Waals surface area contributed by atoms with Gasteiger partial charge in [0.25, 0.3) is 0 Å². The average Bonchev–Trinajstić information content (AvgIpc) is 3.16. The van der Waals surface area contributed by atoms with Crippen molar-refractivity contribution in [1.29, 1.82) is 0 Å². The first-order valence-corrected chi connectivity index (χ1v) is 10.5. The van der Waals surface area contributed by atoms with Gasteiger partial charge in [-0.25, -0.2) is 4.79 Å². The lowest BCUT2D eigenvalue weighted by molar-refractivity contribution is -0.134. The number of amides is 4. The Balaban J connectivity index is 1.23. The van der Waals surface area contributed by atoms with Gasteiger partial charge in [0.1, 0.15) is 11.8 Å². The number of carbonyl (C=O) groups is 3. The molecule has 0 saturated carbocycles. The summed E-state index contributed by atoms with van der Waals surface area (Å²) in [5, 5.41) is 7.22. The van der Waals surface area contributed by atoms with Gasteiger partial charge in [0.2, 0.25) is 11.8 Å². The highest BCUT2D eigenvalue weighted by Gasteiger charge is 2.42. The second-order valence-electron chi connectivity index (χ2n) is 7.39. The molecule has 0 aromatic heterocycles. The monoisotopic (exact) mass is 400 g/mol. The number of hydrogen-bond donors (Lipinski definition) is 2. The summed E-state index contributed by atoms with van der Waals surface area (Å²) in [6, 6.07) is 9.67. The van der Waals surface area contributed by atoms with E-state index in [9.17, 15) is 14.4 Å². The van der Waals surface area contributed by atoms with Crippen molar-refractivity contribution in [3.05, 3.63) is 47.4 Å². The van der Waals surface area contributed by atoms with Crippen LogP contribution in [0.1, 0.15) is 18.4 Å². The van der Waals surface area contributed by atoms with Gasteiger partial charge in [-0.15, -0.1) is 11.8 Å². The Bertz CT molecular complexity index is 777. The van der Waals surface area contributed by atoms with Gasteiger partial charge in [0, 0.05) is 25.7 Å². The zero-order chi connectivity index (χ0) is 19.5. The Labute approximate surface area is 168 Å². The summed E-state index contributed by atoms with van der Waals surface area (Å²) in [6.45, 7) is 2.51. The van der Waals surface area contributed by atoms with E-state index in [1.165, 1.54) is 17.3 Å². The highest BCUT2D eigenvalue weighted by atomic mass is 32.2. The van der Waals surface area contributed by atoms with Crippen molar-refractivity contribution in [1.82, 2.24) is 20.4 Å². The standard InChI is InChI=1S/C20H24N4O3S/c25-17(13-24-19(26)18-16(8-11-28-18)22-20(24)27)21-15-6-9-23(10-7-15)12-14-4-2-1-3-5-14/h1-5,8,11,15-16,18H,6-7,9-10,12-13H2,(H,21,25)(H,22,27). The molecule has 0 spiro atoms. The van der Waals surface area contributed by atoms with Crippen molar-refractivity contribution in [3.8, 4) is 0 Å². The number of benzene rings is 1. The number of carbonyl (C=O) groups excluding carboxylic acids is 3. The van der Waals surface area contributed by atoms with Crippen molar-refractivity contribution in [3.63, 3.8) is 0 Å². The Morgan fingerprint density at radius 3 is 2.68 bits per heavy atom. The van der Waals surface area contributed by atoms with Crippen LogP contribution in [0.4, 0.5) is 4.79 Å². The first-order chi connectivity index (χ1) is 13.6. The smallest absolute Gasteiger partial charge is 0.325 e. The number of imide groups is 1. The molecule has 3 aliphatic heterocycles. The zero-order valence-corrected chi connectivity index (χ0v) is 16.4. The molecule has 1 aromatic rings. The lowest BCUT2D eigenvalue weighted by atomic mass is 10.0. The molecular formula is C20H24N4O3S. The third-order valence-corrected chi connectivity index (χ3v) is 6.49. The van der Waals surface area contributed by atoms with E-state index in [1.807, 2.05) is 29.7 Å². The van der Waals surface area contributed by atoms with E-state index >= 15 is 0 Å². The predicted molar refractivity (Wildman–Crippen MR) is 107 cm³/mol. The summed E-state index contributed by atoms with van der Waals surface area (Å²) in [5.41, 5.74) is 1.29. The fourth-order valence-corrected chi connectivity index (χ4v) is 4.85. The van der Waals surface area contributed by atoms with Crippen LogP contribution in [0.15, 0.2) is 41.8 Å². The molecule has 4 amide bonds. The normalized spacial score (nSPS) is 25.5. The number of rotatable bonds is 5. The zero-order valence-electron chi connectivity index (χ0n) is 15.5. The van der Waals surface area contributed by atoms with Crippen LogP contribution < -0.4 is 10.6 Å². The summed E-state index contributed by atoms with van der Waals surface area (Å²) in [7, 11) is 0. The lowest BCUT2D eigenvalue weighted by Gasteiger charge is -2.34. The Hall–Kier alpha value is -2.32. The number of piperidine rings is 1. The highest BCUT2D eigenvalue weighted by Crippen LogP contribution is 2.29. The predicted octanol–water partition coefficient (Wildman–Crippen LogP) is 1.32. The summed E-state index contributed by atoms with van der Waals surface area (Å²) in [4.78, 5) is 40.5. The summed E-state index contributed by atoms with van der Waals surface area (Å²) in [5.74, 6) is -0.573. The molecular weight excluding hydrogens is 376 g/mol. The van der Waals surface area contributed by atoms with Gasteiger partial charge in [0.15, 0.2) is 0 Å². The van der Waals surface area contributed by atoms with Crippen LogP contribution in [0.25, 0.3) is 0 Å². The minimum Gasteiger partial charge on any atom is -0.352 e. The second kappa shape index (κ2) is 8.36. The third-order valence-electron chi connectivity index (χ3n) is 5.39. The Morgan fingerprint density at radius 1 is 1.18 bits per heavy atom. The first kappa shape index (κ1) is 19.0. The number of fused-ring (bicyclic) bond motifs is 1. The van der Waals surface area contributed by atoms with Crippen LogP contribution in [0.5, 0.6) is 0 Å². The van der Waals surface area contributed by atoms with Crippen LogP contribution in [-0.4, -0.2) is 64.6 Å². The second-order valence-corrected chi connectivity index (χ2v) is 8.44. The quantitative estimate of drug-likeness (QED) is 0.779. The molecule has 28 heavy (non-hydrogen) atoms. The molecule has 8 heteroatoms. The van der Waals surface area contributed by atoms with Gasteiger partial charge in [-0.2, -0.15) is 0 Å². The first-order valence-electron chi connectivity index (χ1n) is 9.60. The van der Waals surface area contributed by atoms with Gasteiger partial charge in [-0.05, 0) is 23.8 Å². The molecule has 1 aromatic carbocycles. The Kier molecular flexibility index (Phi) is 5.68. The highest BCUT2D eigenvalue weighted by molar-refractivity contribution is 8.03. The average molecular weight is 401 g/mol. The van der Waals surface area contributed by atoms with Crippen LogP contribution in [0, 0.1) is 0 Å². The maximum absolute atomic E-state index is 12.5. The Morgan fingerprint density at radius 2 is 1.93 bits per heavy atom. The maximum atomic E-state index is 12.5. The van der Waals surface area contributed by atoms with Crippen LogP contribution >= 0.6 is 11.8 Å². The van der Waals surface area contributed by atoms with E-state index in [0.717, 1.165) is 37.4 Å². The van der Waals surface area contributed by atoms with E-state index in [-0.39, 0.29) is 35.7 Å². The molecule has 148 valence electrons. The fraction of sp³-hybridized carbons (Fsp3) is 0.450. The summed E-state index contributed by atoms with van der Waals surface area (Å²) in [6.07, 6.45) is 3.54. The number of nitrogens with one attached hydrogen (secondary N) is 2. The molecule has 2 atom stereocenters. The summed E-state index contributed by atoms with van der Waals surface area (Å²) >= 11 is 1.38. The van der Waals surface area contributed by atoms with Crippen molar-refractivity contribution >= 4 is 29.6 Å². The van der Waals surface area contributed by atoms with Crippen LogP contribution in [0.2, 0.25) is 0 Å². The van der Waals surface area contributed by atoms with Gasteiger partial charge in [-0.1, -0.05) is 36.4 Å². The van der Waals surface area contributed by atoms with Crippen molar-refractivity contribution in [2.45, 2.75) is 36.7 Å². The number of hydrogen-bond acceptors (Lipinski definition) is 5. The molecule has 3 aliphatic rings. The van der Waals surface area contributed by atoms with Crippen molar-refractivity contribution < 1.29 is 14.4 Å². The van der Waals surface area contributed by atoms with E-state index in [0.29, 0.717) is 0 Å². The molecule has 0 radical (unpaired) electrons. The maximum Gasteiger partial charge on any atom is 0.325 e. The minimum atomic E-state index is -0.494. The molecule has 7 nitrogen and oxygen atoms in total. The van der Waals surface area contributed by atoms with Gasteiger partial charge >= 0.3 is 6.03 Å². The van der Waals surface area contributed by atoms with Crippen LogP contribution in [0.3, 0.4) is 0 Å². The van der Waals surface area contributed by atoms with Crippen molar-refractivity contribution in [2.75, 3.05) is 19.6 Å². The molecule has 0 bridgehead atoms. The summed E-state index contributed by atoms with van der Waals surface area (Å²) < 4.78 is 0. The minimum absolute atomic E-state index is 0.0812. The van der Waals surface area contributed by atoms with E-state index in [2.05, 4.69) is 27.7 Å². The molecule has 3 heterocycles. The third kappa shape index (κ3) is 4.23. The number of nitrogens with zero attached hydrogens (tertiary/aromatic N) is 2. The van der Waals surface area contributed by atoms with E-state index < -0.39 is 6.03 Å². The number of thioether (sulfide) groups is 1. The number of urea groups is 1. The number of likely N-dealkylation sites (tertiary alicyclic amines) is 1. The molecule has 2 N–H and O–H groups in total. The largest absolute Gasteiger partial charge is 0.352 e. The van der Waals surface area contributed by atoms with Gasteiger partial charge < -0.3 is 10.6 Å². The van der Waals surface area contributed by atoms with Crippen LogP contribution in [-0.2, 0) is 16.1 Å². The molecule has 0 aliphatic carbocycles. The fourth-order valence-electron chi connectivity index (χ4n) is 3.85. The van der Waals surface area contributed by atoms with Gasteiger partial charge in [0.05, 0.1) is 6.04 Å². The van der Waals surface area contributed by atoms with E-state index in [1.54, 1.807) is 0 Å². The molecule has 2 unspecified atom stereocenters. The SMILES string of the molecule is O=C(CN1C(=O)NC2C=CSC2C1=O)NC1CCN(Cc2ccccc2)CC1. The van der Waals surface area contributed by atoms with Gasteiger partial charge in [-0.3, -0.25) is 19.4 Å². The lowest BCUT2D eigenvalue weighted by Crippen LogP contribution is -2.62. The van der Waals surface area contributed by atoms with Crippen molar-refractivity contribution in [2.24, 2.45) is 0 Å². The molecule has 4 rings (SSSR count). The molecule has 2 saturated heterocycles. The topological polar surface area (TPSA) is 81.8 Å². The molecule has 2 fully saturated rings.